The zero-order valence-corrected chi connectivity index (χ0v) is 16.1. The lowest BCUT2D eigenvalue weighted by Crippen LogP contribution is -2.31. The zero-order chi connectivity index (χ0) is 19.8. The molecule has 2 aromatic heterocycles. The number of nitrogens with zero attached hydrogens (tertiary/aromatic N) is 3. The first-order chi connectivity index (χ1) is 14.2. The molecular weight excluding hydrogens is 396 g/mol. The topological polar surface area (TPSA) is 89.6 Å². The van der Waals surface area contributed by atoms with Gasteiger partial charge < -0.3 is 19.1 Å². The number of H-pyrrole nitrogens is 1. The highest BCUT2D eigenvalue weighted by molar-refractivity contribution is 6.31. The van der Waals surface area contributed by atoms with Crippen molar-refractivity contribution in [1.82, 2.24) is 20.1 Å². The summed E-state index contributed by atoms with van der Waals surface area (Å²) in [4.78, 5) is 18.6. The van der Waals surface area contributed by atoms with Gasteiger partial charge in [-0.2, -0.15) is 5.10 Å². The lowest BCUT2D eigenvalue weighted by molar-refractivity contribution is 0.0766. The number of halogens is 1. The second-order valence-corrected chi connectivity index (χ2v) is 7.23. The Bertz CT molecular complexity index is 1070. The molecule has 0 unspecified atom stereocenters. The van der Waals surface area contributed by atoms with Crippen molar-refractivity contribution in [3.63, 3.8) is 0 Å². The molecule has 29 heavy (non-hydrogen) atoms. The minimum absolute atomic E-state index is 0.114. The number of nitrogens with one attached hydrogen (secondary N) is 1. The maximum atomic E-state index is 12.9. The molecular formula is C20H17ClN4O4. The van der Waals surface area contributed by atoms with Crippen molar-refractivity contribution >= 4 is 17.5 Å². The van der Waals surface area contributed by atoms with E-state index in [0.717, 1.165) is 12.0 Å². The van der Waals surface area contributed by atoms with Crippen LogP contribution in [0.4, 0.5) is 0 Å². The van der Waals surface area contributed by atoms with Crippen LogP contribution in [0.1, 0.15) is 16.9 Å². The highest BCUT2D eigenvalue weighted by atomic mass is 35.5. The fourth-order valence-electron chi connectivity index (χ4n) is 3.45. The molecule has 148 valence electrons. The Morgan fingerprint density at radius 3 is 3.03 bits per heavy atom. The molecule has 2 aliphatic heterocycles. The van der Waals surface area contributed by atoms with Crippen molar-refractivity contribution in [3.8, 4) is 28.5 Å². The Morgan fingerprint density at radius 2 is 2.14 bits per heavy atom. The number of fused-ring (bicyclic) bond motifs is 1. The predicted octanol–water partition coefficient (Wildman–Crippen LogP) is 3.15. The van der Waals surface area contributed by atoms with Crippen molar-refractivity contribution in [1.29, 1.82) is 0 Å². The van der Waals surface area contributed by atoms with Crippen LogP contribution in [0.5, 0.6) is 17.2 Å². The van der Waals surface area contributed by atoms with Crippen molar-refractivity contribution in [2.24, 2.45) is 0 Å². The molecule has 1 N–H and O–H groups in total. The number of hydrogen-bond acceptors (Lipinski definition) is 6. The van der Waals surface area contributed by atoms with Crippen molar-refractivity contribution < 1.29 is 19.0 Å². The number of pyridine rings is 1. The maximum absolute atomic E-state index is 12.9. The second kappa shape index (κ2) is 7.29. The molecule has 0 aliphatic carbocycles. The first kappa shape index (κ1) is 17.8. The molecule has 4 heterocycles. The van der Waals surface area contributed by atoms with Gasteiger partial charge in [0.1, 0.15) is 22.6 Å². The molecule has 9 heteroatoms. The Kier molecular flexibility index (Phi) is 4.48. The van der Waals surface area contributed by atoms with E-state index in [-0.39, 0.29) is 18.8 Å². The van der Waals surface area contributed by atoms with Crippen molar-refractivity contribution in [2.75, 3.05) is 19.9 Å². The van der Waals surface area contributed by atoms with Crippen LogP contribution >= 0.6 is 11.6 Å². The van der Waals surface area contributed by atoms with Gasteiger partial charge in [-0.3, -0.25) is 14.9 Å². The lowest BCUT2D eigenvalue weighted by atomic mass is 10.1. The van der Waals surface area contributed by atoms with Crippen LogP contribution < -0.4 is 14.2 Å². The third-order valence-electron chi connectivity index (χ3n) is 4.94. The molecule has 3 aromatic rings. The van der Waals surface area contributed by atoms with Gasteiger partial charge in [0, 0.05) is 37.0 Å². The van der Waals surface area contributed by atoms with Gasteiger partial charge in [0.15, 0.2) is 11.5 Å². The van der Waals surface area contributed by atoms with Crippen LogP contribution in [0.15, 0.2) is 42.7 Å². The largest absolute Gasteiger partial charge is 0.487 e. The summed E-state index contributed by atoms with van der Waals surface area (Å²) in [5.74, 6) is 1.84. The van der Waals surface area contributed by atoms with Gasteiger partial charge in [0.05, 0.1) is 12.2 Å². The molecule has 0 saturated carbocycles. The number of hydrogen-bond donors (Lipinski definition) is 1. The monoisotopic (exact) mass is 412 g/mol. The number of amides is 1. The summed E-state index contributed by atoms with van der Waals surface area (Å²) in [6.07, 6.45) is 3.78. The zero-order valence-electron chi connectivity index (χ0n) is 15.3. The molecule has 0 radical (unpaired) electrons. The van der Waals surface area contributed by atoms with E-state index in [0.29, 0.717) is 46.7 Å². The summed E-state index contributed by atoms with van der Waals surface area (Å²) < 4.78 is 16.7. The summed E-state index contributed by atoms with van der Waals surface area (Å²) in [6, 6.07) is 9.04. The lowest BCUT2D eigenvalue weighted by Gasteiger charge is -2.16. The molecule has 5 rings (SSSR count). The van der Waals surface area contributed by atoms with Gasteiger partial charge >= 0.3 is 0 Å². The first-order valence-corrected chi connectivity index (χ1v) is 9.56. The van der Waals surface area contributed by atoms with Crippen LogP contribution in [0.2, 0.25) is 5.02 Å². The van der Waals surface area contributed by atoms with Crippen LogP contribution in [-0.2, 0) is 0 Å². The normalized spacial score (nSPS) is 17.6. The minimum atomic E-state index is -0.116. The Morgan fingerprint density at radius 1 is 1.24 bits per heavy atom. The quantitative estimate of drug-likeness (QED) is 0.708. The summed E-state index contributed by atoms with van der Waals surface area (Å²) in [5, 5.41) is 7.57. The van der Waals surface area contributed by atoms with E-state index in [4.69, 9.17) is 25.8 Å². The van der Waals surface area contributed by atoms with E-state index in [2.05, 4.69) is 15.2 Å². The smallest absolute Gasteiger partial charge is 0.272 e. The van der Waals surface area contributed by atoms with Crippen LogP contribution in [0.25, 0.3) is 11.3 Å². The third kappa shape index (κ3) is 3.47. The van der Waals surface area contributed by atoms with Gasteiger partial charge in [0.25, 0.3) is 5.91 Å². The average molecular weight is 413 g/mol. The summed E-state index contributed by atoms with van der Waals surface area (Å²) in [5.41, 5.74) is 1.95. The number of rotatable bonds is 4. The Balaban J connectivity index is 1.26. The SMILES string of the molecule is O=C(c1cc(-c2ccc3c(c2)OCO3)n[nH]1)N1CC[C@H](Oc2ccncc2Cl)C1. The number of likely N-dealkylation sites (tertiary alicyclic amines) is 1. The fraction of sp³-hybridized carbons (Fsp3) is 0.250. The van der Waals surface area contributed by atoms with Gasteiger partial charge in [-0.1, -0.05) is 11.6 Å². The molecule has 1 fully saturated rings. The number of ether oxygens (including phenoxy) is 3. The summed E-state index contributed by atoms with van der Waals surface area (Å²) in [7, 11) is 0. The number of aromatic nitrogens is 3. The van der Waals surface area contributed by atoms with E-state index in [9.17, 15) is 4.79 Å². The molecule has 2 aliphatic rings. The minimum Gasteiger partial charge on any atom is -0.487 e. The summed E-state index contributed by atoms with van der Waals surface area (Å²) in [6.45, 7) is 1.30. The number of carbonyl (C=O) groups excluding carboxylic acids is 1. The molecule has 1 saturated heterocycles. The predicted molar refractivity (Wildman–Crippen MR) is 104 cm³/mol. The van der Waals surface area contributed by atoms with Gasteiger partial charge in [-0.25, -0.2) is 0 Å². The Hall–Kier alpha value is -3.26. The van der Waals surface area contributed by atoms with Crippen molar-refractivity contribution in [3.05, 3.63) is 53.4 Å². The highest BCUT2D eigenvalue weighted by Crippen LogP contribution is 2.35. The fourth-order valence-corrected chi connectivity index (χ4v) is 3.62. The third-order valence-corrected chi connectivity index (χ3v) is 5.22. The maximum Gasteiger partial charge on any atom is 0.272 e. The standard InChI is InChI=1S/C20H17ClN4O4/c21-14-9-22-5-3-17(14)29-13-4-6-25(10-13)20(26)16-8-15(23-24-16)12-1-2-18-19(7-12)28-11-27-18/h1-3,5,7-9,13H,4,6,10-11H2,(H,23,24)/t13-/m0/s1. The van der Waals surface area contributed by atoms with E-state index >= 15 is 0 Å². The van der Waals surface area contributed by atoms with Crippen LogP contribution in [0, 0.1) is 0 Å². The molecule has 1 atom stereocenters. The van der Waals surface area contributed by atoms with Gasteiger partial charge in [0.2, 0.25) is 6.79 Å². The Labute approximate surface area is 171 Å². The molecule has 0 bridgehead atoms. The average Bonchev–Trinajstić information content (AvgIpc) is 3.49. The van der Waals surface area contributed by atoms with Gasteiger partial charge in [-0.15, -0.1) is 0 Å². The molecule has 1 amide bonds. The van der Waals surface area contributed by atoms with E-state index in [1.165, 1.54) is 6.20 Å². The number of carbonyl (C=O) groups is 1. The highest BCUT2D eigenvalue weighted by Gasteiger charge is 2.30. The summed E-state index contributed by atoms with van der Waals surface area (Å²) >= 11 is 6.10. The van der Waals surface area contributed by atoms with E-state index < -0.39 is 0 Å². The molecule has 1 aromatic carbocycles. The molecule has 0 spiro atoms. The van der Waals surface area contributed by atoms with E-state index in [1.807, 2.05) is 18.2 Å². The van der Waals surface area contributed by atoms with Gasteiger partial charge in [-0.05, 0) is 24.3 Å². The number of benzene rings is 1. The van der Waals surface area contributed by atoms with Crippen LogP contribution in [0.3, 0.4) is 0 Å². The second-order valence-electron chi connectivity index (χ2n) is 6.82. The van der Waals surface area contributed by atoms with Crippen molar-refractivity contribution in [2.45, 2.75) is 12.5 Å². The molecule has 8 nitrogen and oxygen atoms in total. The number of aromatic amines is 1. The van der Waals surface area contributed by atoms with E-state index in [1.54, 1.807) is 23.2 Å². The van der Waals surface area contributed by atoms with Crippen LogP contribution in [-0.4, -0.2) is 52.0 Å². The first-order valence-electron chi connectivity index (χ1n) is 9.18.